The van der Waals surface area contributed by atoms with Crippen LogP contribution in [0.2, 0.25) is 10.0 Å². The molecule has 2 aromatic rings. The molecule has 2 rings (SSSR count). The van der Waals surface area contributed by atoms with Crippen molar-refractivity contribution in [1.29, 1.82) is 0 Å². The van der Waals surface area contributed by atoms with Crippen molar-refractivity contribution < 1.29 is 37.7 Å². The normalized spacial score (nSPS) is 12.2. The van der Waals surface area contributed by atoms with Crippen LogP contribution in [0.15, 0.2) is 42.5 Å². The summed E-state index contributed by atoms with van der Waals surface area (Å²) in [7, 11) is 0. The number of anilines is 1. The first-order chi connectivity index (χ1) is 17.5. The van der Waals surface area contributed by atoms with Crippen molar-refractivity contribution in [2.45, 2.75) is 32.3 Å². The van der Waals surface area contributed by atoms with Crippen molar-refractivity contribution in [2.75, 3.05) is 44.8 Å². The Balaban J connectivity index is 1.96. The minimum atomic E-state index is -2.98. The predicted molar refractivity (Wildman–Crippen MR) is 137 cm³/mol. The number of halogens is 4. The van der Waals surface area contributed by atoms with Crippen LogP contribution in [0.4, 0.5) is 19.3 Å². The number of hydrogen-bond donors (Lipinski definition) is 2. The molecule has 0 radical (unpaired) electrons. The van der Waals surface area contributed by atoms with E-state index in [0.29, 0.717) is 23.1 Å². The highest BCUT2D eigenvalue weighted by molar-refractivity contribution is 6.36. The third-order valence-electron chi connectivity index (χ3n) is 4.94. The van der Waals surface area contributed by atoms with Gasteiger partial charge in [0, 0.05) is 31.5 Å². The van der Waals surface area contributed by atoms with Gasteiger partial charge < -0.3 is 29.5 Å². The second-order valence-corrected chi connectivity index (χ2v) is 8.99. The Morgan fingerprint density at radius 3 is 2.38 bits per heavy atom. The minimum Gasteiger partial charge on any atom is -0.492 e. The number of hydrogen-bond acceptors (Lipinski definition) is 5. The largest absolute Gasteiger partial charge is 0.492 e. The van der Waals surface area contributed by atoms with E-state index in [1.54, 1.807) is 43.3 Å². The summed E-state index contributed by atoms with van der Waals surface area (Å²) in [5, 5.41) is 12.5. The molecule has 0 aliphatic heterocycles. The van der Waals surface area contributed by atoms with Crippen LogP contribution >= 0.6 is 23.2 Å². The maximum absolute atomic E-state index is 13.0. The minimum absolute atomic E-state index is 0.0312. The number of carboxylic acids is 1. The summed E-state index contributed by atoms with van der Waals surface area (Å²) in [5.41, 5.74) is 1.10. The highest BCUT2D eigenvalue weighted by atomic mass is 35.5. The topological polar surface area (TPSA) is 97.3 Å². The van der Waals surface area contributed by atoms with E-state index in [2.05, 4.69) is 5.32 Å². The van der Waals surface area contributed by atoms with Gasteiger partial charge in [-0.2, -0.15) is 0 Å². The number of rotatable bonds is 15. The molecule has 1 atom stereocenters. The standard InChI is InChI=1S/C25H30Cl2F2N2O6/c1-3-36-22(23(32)33)14-17-4-7-19(8-5-17)37-13-11-31(10-12-35-16-25(2,28)29)24(34)30-21-9-6-18(26)15-20(21)27/h4-9,15,22H,3,10-14,16H2,1-2H3,(H,30,34)(H,32,33). The van der Waals surface area contributed by atoms with E-state index in [9.17, 15) is 23.5 Å². The zero-order valence-electron chi connectivity index (χ0n) is 20.5. The average molecular weight is 563 g/mol. The van der Waals surface area contributed by atoms with Gasteiger partial charge >= 0.3 is 12.0 Å². The Hall–Kier alpha value is -2.66. The second-order valence-electron chi connectivity index (χ2n) is 8.14. The lowest BCUT2D eigenvalue weighted by Crippen LogP contribution is -2.40. The first-order valence-corrected chi connectivity index (χ1v) is 12.3. The summed E-state index contributed by atoms with van der Waals surface area (Å²) in [5.74, 6) is -3.51. The number of nitrogens with one attached hydrogen (secondary N) is 1. The van der Waals surface area contributed by atoms with Gasteiger partial charge in [0.25, 0.3) is 5.92 Å². The molecule has 204 valence electrons. The van der Waals surface area contributed by atoms with Gasteiger partial charge in [0.15, 0.2) is 6.10 Å². The van der Waals surface area contributed by atoms with Crippen molar-refractivity contribution in [3.05, 3.63) is 58.1 Å². The van der Waals surface area contributed by atoms with E-state index >= 15 is 0 Å². The number of ether oxygens (including phenoxy) is 3. The number of carboxylic acid groups (broad SMARTS) is 1. The summed E-state index contributed by atoms with van der Waals surface area (Å²) in [6.45, 7) is 2.15. The number of carbonyl (C=O) groups excluding carboxylic acids is 1. The third-order valence-corrected chi connectivity index (χ3v) is 5.49. The van der Waals surface area contributed by atoms with Gasteiger partial charge in [-0.05, 0) is 42.8 Å². The molecule has 2 N–H and O–H groups in total. The molecular weight excluding hydrogens is 533 g/mol. The fourth-order valence-corrected chi connectivity index (χ4v) is 3.61. The maximum atomic E-state index is 13.0. The fourth-order valence-electron chi connectivity index (χ4n) is 3.15. The van der Waals surface area contributed by atoms with Crippen LogP contribution in [0.5, 0.6) is 5.75 Å². The van der Waals surface area contributed by atoms with Gasteiger partial charge in [0.1, 0.15) is 19.0 Å². The van der Waals surface area contributed by atoms with Gasteiger partial charge in [0.2, 0.25) is 0 Å². The molecule has 12 heteroatoms. The highest BCUT2D eigenvalue weighted by Gasteiger charge is 2.22. The van der Waals surface area contributed by atoms with E-state index in [1.165, 1.54) is 11.0 Å². The average Bonchev–Trinajstić information content (AvgIpc) is 2.82. The number of nitrogens with zero attached hydrogens (tertiary/aromatic N) is 1. The third kappa shape index (κ3) is 11.5. The number of urea groups is 1. The van der Waals surface area contributed by atoms with E-state index in [-0.39, 0.29) is 37.7 Å². The van der Waals surface area contributed by atoms with E-state index in [4.69, 9.17) is 37.4 Å². The Bertz CT molecular complexity index is 1020. The molecule has 0 fully saturated rings. The van der Waals surface area contributed by atoms with Crippen molar-refractivity contribution in [2.24, 2.45) is 0 Å². The van der Waals surface area contributed by atoms with Crippen molar-refractivity contribution in [3.63, 3.8) is 0 Å². The number of carbonyl (C=O) groups is 2. The Labute approximate surface area is 224 Å². The van der Waals surface area contributed by atoms with Gasteiger partial charge in [-0.3, -0.25) is 0 Å². The molecule has 0 aliphatic rings. The molecule has 0 aliphatic carbocycles. The number of aliphatic carboxylic acids is 1. The first kappa shape index (κ1) is 30.6. The van der Waals surface area contributed by atoms with E-state index in [0.717, 1.165) is 12.5 Å². The maximum Gasteiger partial charge on any atom is 0.333 e. The number of benzene rings is 2. The van der Waals surface area contributed by atoms with Gasteiger partial charge in [-0.1, -0.05) is 35.3 Å². The monoisotopic (exact) mass is 562 g/mol. The molecule has 8 nitrogen and oxygen atoms in total. The van der Waals surface area contributed by atoms with Gasteiger partial charge in [-0.15, -0.1) is 0 Å². The van der Waals surface area contributed by atoms with Crippen LogP contribution < -0.4 is 10.1 Å². The summed E-state index contributed by atoms with van der Waals surface area (Å²) >= 11 is 12.0. The first-order valence-electron chi connectivity index (χ1n) is 11.5. The van der Waals surface area contributed by atoms with Crippen LogP contribution in [0, 0.1) is 0 Å². The van der Waals surface area contributed by atoms with Crippen molar-refractivity contribution in [1.82, 2.24) is 4.90 Å². The lowest BCUT2D eigenvalue weighted by molar-refractivity contribution is -0.149. The summed E-state index contributed by atoms with van der Waals surface area (Å²) in [6, 6.07) is 10.9. The van der Waals surface area contributed by atoms with Crippen LogP contribution in [-0.2, 0) is 20.7 Å². The Morgan fingerprint density at radius 1 is 1.11 bits per heavy atom. The van der Waals surface area contributed by atoms with Gasteiger partial charge in [0.05, 0.1) is 23.9 Å². The number of alkyl halides is 2. The quantitative estimate of drug-likeness (QED) is 0.274. The Kier molecular flexibility index (Phi) is 12.3. The Morgan fingerprint density at radius 2 is 1.78 bits per heavy atom. The summed E-state index contributed by atoms with van der Waals surface area (Å²) in [4.78, 5) is 25.5. The predicted octanol–water partition coefficient (Wildman–Crippen LogP) is 5.61. The van der Waals surface area contributed by atoms with E-state index in [1.807, 2.05) is 0 Å². The molecule has 2 aromatic carbocycles. The summed E-state index contributed by atoms with van der Waals surface area (Å²) in [6.07, 6.45) is -0.727. The van der Waals surface area contributed by atoms with Crippen LogP contribution in [0.3, 0.4) is 0 Å². The number of amides is 2. The molecule has 1 unspecified atom stereocenters. The van der Waals surface area contributed by atoms with E-state index < -0.39 is 30.6 Å². The molecule has 0 heterocycles. The van der Waals surface area contributed by atoms with Crippen molar-refractivity contribution >= 4 is 40.9 Å². The molecule has 2 amide bonds. The smallest absolute Gasteiger partial charge is 0.333 e. The molecule has 0 saturated heterocycles. The molecular formula is C25H30Cl2F2N2O6. The van der Waals surface area contributed by atoms with Crippen LogP contribution in [-0.4, -0.2) is 73.6 Å². The zero-order chi connectivity index (χ0) is 27.4. The van der Waals surface area contributed by atoms with Crippen LogP contribution in [0.25, 0.3) is 0 Å². The molecule has 0 saturated carbocycles. The fraction of sp³-hybridized carbons (Fsp3) is 0.440. The summed E-state index contributed by atoms with van der Waals surface area (Å²) < 4.78 is 42.0. The second kappa shape index (κ2) is 14.9. The molecule has 0 aromatic heterocycles. The lowest BCUT2D eigenvalue weighted by atomic mass is 10.1. The zero-order valence-corrected chi connectivity index (χ0v) is 22.0. The SMILES string of the molecule is CCOC(Cc1ccc(OCCN(CCOCC(C)(F)F)C(=O)Nc2ccc(Cl)cc2Cl)cc1)C(=O)O. The van der Waals surface area contributed by atoms with Gasteiger partial charge in [-0.25, -0.2) is 18.4 Å². The highest BCUT2D eigenvalue weighted by Crippen LogP contribution is 2.25. The molecule has 0 spiro atoms. The van der Waals surface area contributed by atoms with Crippen molar-refractivity contribution in [3.8, 4) is 5.75 Å². The molecule has 0 bridgehead atoms. The molecule has 37 heavy (non-hydrogen) atoms. The van der Waals surface area contributed by atoms with Crippen LogP contribution in [0.1, 0.15) is 19.4 Å². The lowest BCUT2D eigenvalue weighted by Gasteiger charge is -2.24.